The van der Waals surface area contributed by atoms with Gasteiger partial charge in [0.25, 0.3) is 5.91 Å². The van der Waals surface area contributed by atoms with E-state index in [0.717, 1.165) is 12.0 Å². The van der Waals surface area contributed by atoms with Gasteiger partial charge in [-0.05, 0) is 35.6 Å². The molecule has 76 valence electrons. The van der Waals surface area contributed by atoms with Crippen LogP contribution in [0.15, 0.2) is 18.2 Å². The van der Waals surface area contributed by atoms with E-state index in [0.29, 0.717) is 13.1 Å². The van der Waals surface area contributed by atoms with Crippen LogP contribution in [0.25, 0.3) is 0 Å². The Morgan fingerprint density at radius 3 is 3.00 bits per heavy atom. The first kappa shape index (κ1) is 9.60. The molecule has 0 bridgehead atoms. The van der Waals surface area contributed by atoms with E-state index in [1.807, 2.05) is 6.07 Å². The van der Waals surface area contributed by atoms with Crippen molar-refractivity contribution in [1.29, 1.82) is 0 Å². The van der Waals surface area contributed by atoms with Gasteiger partial charge < -0.3 is 10.0 Å². The molecule has 1 heterocycles. The highest BCUT2D eigenvalue weighted by molar-refractivity contribution is 5.93. The van der Waals surface area contributed by atoms with Gasteiger partial charge in [0.2, 0.25) is 0 Å². The van der Waals surface area contributed by atoms with Gasteiger partial charge in [0.15, 0.2) is 0 Å². The maximum Gasteiger partial charge on any atom is 0.298 e. The normalized spacial score (nSPS) is 14.2. The summed E-state index contributed by atoms with van der Waals surface area (Å²) in [5.41, 5.74) is 2.15. The summed E-state index contributed by atoms with van der Waals surface area (Å²) in [4.78, 5) is 12.9. The number of benzene rings is 1. The van der Waals surface area contributed by atoms with E-state index in [1.54, 1.807) is 17.0 Å². The monoisotopic (exact) mass is 201 g/mol. The quantitative estimate of drug-likeness (QED) is 0.634. The van der Waals surface area contributed by atoms with Crippen LogP contribution < -0.4 is 0 Å². The average molecular weight is 201 g/mol. The van der Waals surface area contributed by atoms with E-state index < -0.39 is 0 Å². The summed E-state index contributed by atoms with van der Waals surface area (Å²) in [5, 5.41) is 9.33. The van der Waals surface area contributed by atoms with Crippen LogP contribution >= 0.6 is 0 Å². The predicted octanol–water partition coefficient (Wildman–Crippen LogP) is 0.910. The maximum atomic E-state index is 11.3. The Kier molecular flexibility index (Phi) is 2.34. The smallest absolute Gasteiger partial charge is 0.298 e. The van der Waals surface area contributed by atoms with Gasteiger partial charge in [-0.2, -0.15) is 0 Å². The second kappa shape index (κ2) is 3.66. The molecule has 0 aromatic heterocycles. The van der Waals surface area contributed by atoms with Gasteiger partial charge >= 0.3 is 0 Å². The number of hydrogen-bond donors (Lipinski definition) is 1. The van der Waals surface area contributed by atoms with Crippen molar-refractivity contribution in [3.8, 4) is 18.1 Å². The Labute approximate surface area is 88.3 Å². The van der Waals surface area contributed by atoms with Crippen molar-refractivity contribution in [2.45, 2.75) is 13.0 Å². The lowest BCUT2D eigenvalue weighted by Gasteiger charge is -2.27. The number of phenolic OH excluding ortho intramolecular Hbond substituents is 1. The van der Waals surface area contributed by atoms with Crippen LogP contribution in [-0.2, 0) is 17.8 Å². The van der Waals surface area contributed by atoms with Crippen LogP contribution in [0, 0.1) is 12.3 Å². The van der Waals surface area contributed by atoms with Gasteiger partial charge in [-0.1, -0.05) is 6.07 Å². The van der Waals surface area contributed by atoms with Gasteiger partial charge in [-0.3, -0.25) is 4.79 Å². The second-order valence-electron chi connectivity index (χ2n) is 3.57. The van der Waals surface area contributed by atoms with Gasteiger partial charge in [-0.15, -0.1) is 6.42 Å². The molecule has 3 heteroatoms. The fourth-order valence-electron chi connectivity index (χ4n) is 1.81. The summed E-state index contributed by atoms with van der Waals surface area (Å²) >= 11 is 0. The first-order valence-electron chi connectivity index (χ1n) is 4.77. The summed E-state index contributed by atoms with van der Waals surface area (Å²) in [7, 11) is 0. The largest absolute Gasteiger partial charge is 0.508 e. The Hall–Kier alpha value is -1.95. The van der Waals surface area contributed by atoms with Crippen molar-refractivity contribution in [3.05, 3.63) is 29.3 Å². The van der Waals surface area contributed by atoms with E-state index in [9.17, 15) is 9.90 Å². The molecule has 1 aromatic rings. The SMILES string of the molecule is C#CC(=O)N1CCc2ccc(O)cc2C1. The zero-order valence-electron chi connectivity index (χ0n) is 8.23. The molecule has 1 aliphatic rings. The van der Waals surface area contributed by atoms with E-state index in [2.05, 4.69) is 5.92 Å². The van der Waals surface area contributed by atoms with Crippen LogP contribution in [0.2, 0.25) is 0 Å². The number of nitrogens with zero attached hydrogens (tertiary/aromatic N) is 1. The van der Waals surface area contributed by atoms with Crippen molar-refractivity contribution in [2.75, 3.05) is 6.54 Å². The molecule has 0 spiro atoms. The Morgan fingerprint density at radius 2 is 2.27 bits per heavy atom. The third-order valence-corrected chi connectivity index (χ3v) is 2.61. The molecule has 2 rings (SSSR count). The lowest BCUT2D eigenvalue weighted by Crippen LogP contribution is -2.34. The molecule has 1 N–H and O–H groups in total. The summed E-state index contributed by atoms with van der Waals surface area (Å²) < 4.78 is 0. The van der Waals surface area contributed by atoms with Crippen molar-refractivity contribution >= 4 is 5.91 Å². The van der Waals surface area contributed by atoms with Gasteiger partial charge in [0, 0.05) is 13.1 Å². The number of carbonyl (C=O) groups is 1. The molecule has 0 saturated carbocycles. The molecule has 0 saturated heterocycles. The Morgan fingerprint density at radius 1 is 1.47 bits per heavy atom. The average Bonchev–Trinajstić information content (AvgIpc) is 2.27. The third kappa shape index (κ3) is 1.79. The zero-order valence-corrected chi connectivity index (χ0v) is 8.23. The molecule has 1 aromatic carbocycles. The van der Waals surface area contributed by atoms with Crippen molar-refractivity contribution in [3.63, 3.8) is 0 Å². The number of carbonyl (C=O) groups excluding carboxylic acids is 1. The highest BCUT2D eigenvalue weighted by atomic mass is 16.3. The Balaban J connectivity index is 2.26. The summed E-state index contributed by atoms with van der Waals surface area (Å²) in [6.07, 6.45) is 5.86. The standard InChI is InChI=1S/C12H11NO2/c1-2-12(15)13-6-5-9-3-4-11(14)7-10(9)8-13/h1,3-4,7,14H,5-6,8H2. The first-order chi connectivity index (χ1) is 7.20. The molecule has 1 amide bonds. The number of terminal acetylenes is 1. The lowest BCUT2D eigenvalue weighted by atomic mass is 9.99. The predicted molar refractivity (Wildman–Crippen MR) is 56.1 cm³/mol. The highest BCUT2D eigenvalue weighted by Gasteiger charge is 2.19. The van der Waals surface area contributed by atoms with E-state index in [4.69, 9.17) is 6.42 Å². The lowest BCUT2D eigenvalue weighted by molar-refractivity contribution is -0.125. The van der Waals surface area contributed by atoms with E-state index >= 15 is 0 Å². The van der Waals surface area contributed by atoms with Crippen LogP contribution in [0.4, 0.5) is 0 Å². The maximum absolute atomic E-state index is 11.3. The number of amides is 1. The van der Waals surface area contributed by atoms with Gasteiger partial charge in [-0.25, -0.2) is 0 Å². The number of phenols is 1. The minimum Gasteiger partial charge on any atom is -0.508 e. The molecule has 0 fully saturated rings. The van der Waals surface area contributed by atoms with Gasteiger partial charge in [0.1, 0.15) is 5.75 Å². The third-order valence-electron chi connectivity index (χ3n) is 2.61. The fraction of sp³-hybridized carbons (Fsp3) is 0.250. The summed E-state index contributed by atoms with van der Waals surface area (Å²) in [5.74, 6) is 2.04. The number of rotatable bonds is 0. The highest BCUT2D eigenvalue weighted by Crippen LogP contribution is 2.22. The van der Waals surface area contributed by atoms with Crippen LogP contribution in [0.5, 0.6) is 5.75 Å². The minimum atomic E-state index is -0.288. The fourth-order valence-corrected chi connectivity index (χ4v) is 1.81. The molecule has 0 atom stereocenters. The molecular weight excluding hydrogens is 190 g/mol. The Bertz CT molecular complexity index is 445. The molecule has 0 radical (unpaired) electrons. The number of aromatic hydroxyl groups is 1. The minimum absolute atomic E-state index is 0.226. The van der Waals surface area contributed by atoms with Crippen LogP contribution in [0.1, 0.15) is 11.1 Å². The van der Waals surface area contributed by atoms with E-state index in [-0.39, 0.29) is 11.7 Å². The van der Waals surface area contributed by atoms with E-state index in [1.165, 1.54) is 5.56 Å². The van der Waals surface area contributed by atoms with Gasteiger partial charge in [0.05, 0.1) is 0 Å². The van der Waals surface area contributed by atoms with Crippen molar-refractivity contribution < 1.29 is 9.90 Å². The topological polar surface area (TPSA) is 40.5 Å². The van der Waals surface area contributed by atoms with Crippen molar-refractivity contribution in [2.24, 2.45) is 0 Å². The number of hydrogen-bond acceptors (Lipinski definition) is 2. The molecule has 0 unspecified atom stereocenters. The van der Waals surface area contributed by atoms with Crippen LogP contribution in [0.3, 0.4) is 0 Å². The molecule has 0 aliphatic carbocycles. The molecule has 3 nitrogen and oxygen atoms in total. The molecule has 15 heavy (non-hydrogen) atoms. The van der Waals surface area contributed by atoms with Crippen LogP contribution in [-0.4, -0.2) is 22.5 Å². The molecule has 1 aliphatic heterocycles. The molecular formula is C12H11NO2. The zero-order chi connectivity index (χ0) is 10.8. The first-order valence-corrected chi connectivity index (χ1v) is 4.77. The summed E-state index contributed by atoms with van der Waals surface area (Å²) in [6, 6.07) is 5.24. The van der Waals surface area contributed by atoms with Crippen molar-refractivity contribution in [1.82, 2.24) is 4.90 Å². The summed E-state index contributed by atoms with van der Waals surface area (Å²) in [6.45, 7) is 1.15. The second-order valence-corrected chi connectivity index (χ2v) is 3.57. The number of fused-ring (bicyclic) bond motifs is 1.